The number of nitrogens with one attached hydrogen (secondary N) is 1. The number of hydrogen-bond donors (Lipinski definition) is 1. The fourth-order valence-electron chi connectivity index (χ4n) is 2.00. The lowest BCUT2D eigenvalue weighted by Crippen LogP contribution is -2.37. The Hall–Kier alpha value is -0.0800. The Morgan fingerprint density at radius 2 is 2.07 bits per heavy atom. The summed E-state index contributed by atoms with van der Waals surface area (Å²) in [6, 6.07) is 0. The minimum Gasteiger partial charge on any atom is -0.312 e. The predicted molar refractivity (Wildman–Crippen MR) is 62.6 cm³/mol. The third-order valence-electron chi connectivity index (χ3n) is 2.81. The van der Waals surface area contributed by atoms with Gasteiger partial charge in [0.2, 0.25) is 0 Å². The number of nitrogens with zero attached hydrogens (tertiary/aromatic N) is 1. The Labute approximate surface area is 89.1 Å². The van der Waals surface area contributed by atoms with E-state index in [-0.39, 0.29) is 5.54 Å². The Kier molecular flexibility index (Phi) is 4.39. The van der Waals surface area contributed by atoms with Crippen molar-refractivity contribution >= 4 is 0 Å². The van der Waals surface area contributed by atoms with Crippen LogP contribution in [0.5, 0.6) is 0 Å². The molecule has 84 valence electrons. The fraction of sp³-hybridized carbons (Fsp3) is 1.00. The molecule has 1 heterocycles. The molecule has 1 atom stereocenters. The highest BCUT2D eigenvalue weighted by atomic mass is 15.1. The standard InChI is InChI=1S/C12H26N2/c1-11-6-9-14(10-11)8-5-7-13-12(2,3)4/h11,13H,5-10H2,1-4H3. The maximum atomic E-state index is 3.53. The van der Waals surface area contributed by atoms with Crippen LogP contribution >= 0.6 is 0 Å². The highest BCUT2D eigenvalue weighted by Gasteiger charge is 2.17. The third kappa shape index (κ3) is 4.97. The minimum absolute atomic E-state index is 0.276. The summed E-state index contributed by atoms with van der Waals surface area (Å²) in [4.78, 5) is 2.59. The molecule has 14 heavy (non-hydrogen) atoms. The van der Waals surface area contributed by atoms with Crippen LogP contribution in [0.15, 0.2) is 0 Å². The van der Waals surface area contributed by atoms with Crippen LogP contribution in [-0.2, 0) is 0 Å². The zero-order valence-corrected chi connectivity index (χ0v) is 10.3. The third-order valence-corrected chi connectivity index (χ3v) is 2.81. The van der Waals surface area contributed by atoms with E-state index in [1.165, 1.54) is 32.5 Å². The summed E-state index contributed by atoms with van der Waals surface area (Å²) in [6.07, 6.45) is 2.68. The number of hydrogen-bond acceptors (Lipinski definition) is 2. The summed E-state index contributed by atoms with van der Waals surface area (Å²) in [5.41, 5.74) is 0.276. The molecule has 1 saturated heterocycles. The number of rotatable bonds is 4. The van der Waals surface area contributed by atoms with Crippen LogP contribution in [0.2, 0.25) is 0 Å². The van der Waals surface area contributed by atoms with Crippen LogP contribution in [0.4, 0.5) is 0 Å². The van der Waals surface area contributed by atoms with Crippen LogP contribution in [0, 0.1) is 5.92 Å². The van der Waals surface area contributed by atoms with Gasteiger partial charge in [0.1, 0.15) is 0 Å². The first kappa shape index (κ1) is 12.0. The fourth-order valence-corrected chi connectivity index (χ4v) is 2.00. The summed E-state index contributed by atoms with van der Waals surface area (Å²) in [7, 11) is 0. The first-order valence-electron chi connectivity index (χ1n) is 5.95. The van der Waals surface area contributed by atoms with Crippen molar-refractivity contribution in [2.75, 3.05) is 26.2 Å². The van der Waals surface area contributed by atoms with E-state index in [2.05, 4.69) is 37.9 Å². The smallest absolute Gasteiger partial charge is 0.00965 e. The molecule has 2 nitrogen and oxygen atoms in total. The molecular formula is C12H26N2. The van der Waals surface area contributed by atoms with Crippen molar-refractivity contribution in [3.63, 3.8) is 0 Å². The van der Waals surface area contributed by atoms with Gasteiger partial charge in [0, 0.05) is 12.1 Å². The Balaban J connectivity index is 1.99. The normalized spacial score (nSPS) is 24.4. The second-order valence-electron chi connectivity index (χ2n) is 5.72. The monoisotopic (exact) mass is 198 g/mol. The van der Waals surface area contributed by atoms with E-state index in [1.807, 2.05) is 0 Å². The van der Waals surface area contributed by atoms with Crippen molar-refractivity contribution in [3.05, 3.63) is 0 Å². The van der Waals surface area contributed by atoms with Gasteiger partial charge >= 0.3 is 0 Å². The van der Waals surface area contributed by atoms with Gasteiger partial charge in [0.25, 0.3) is 0 Å². The zero-order chi connectivity index (χ0) is 10.6. The average Bonchev–Trinajstić information content (AvgIpc) is 2.44. The van der Waals surface area contributed by atoms with Crippen LogP contribution < -0.4 is 5.32 Å². The van der Waals surface area contributed by atoms with Crippen molar-refractivity contribution in [1.82, 2.24) is 10.2 Å². The van der Waals surface area contributed by atoms with Gasteiger partial charge in [-0.1, -0.05) is 6.92 Å². The topological polar surface area (TPSA) is 15.3 Å². The van der Waals surface area contributed by atoms with E-state index in [0.29, 0.717) is 0 Å². The SMILES string of the molecule is CC1CCN(CCCNC(C)(C)C)C1. The van der Waals surface area contributed by atoms with Crippen molar-refractivity contribution < 1.29 is 0 Å². The number of likely N-dealkylation sites (tertiary alicyclic amines) is 1. The molecule has 0 aromatic heterocycles. The molecule has 1 rings (SSSR count). The molecule has 1 aliphatic rings. The van der Waals surface area contributed by atoms with Gasteiger partial charge in [-0.2, -0.15) is 0 Å². The van der Waals surface area contributed by atoms with Gasteiger partial charge in [0.15, 0.2) is 0 Å². The minimum atomic E-state index is 0.276. The lowest BCUT2D eigenvalue weighted by Gasteiger charge is -2.22. The molecule has 1 aliphatic heterocycles. The molecule has 2 heteroatoms. The molecule has 0 aromatic carbocycles. The van der Waals surface area contributed by atoms with Gasteiger partial charge < -0.3 is 10.2 Å². The van der Waals surface area contributed by atoms with Crippen LogP contribution in [0.1, 0.15) is 40.5 Å². The molecule has 0 spiro atoms. The van der Waals surface area contributed by atoms with Gasteiger partial charge in [-0.3, -0.25) is 0 Å². The largest absolute Gasteiger partial charge is 0.312 e. The first-order valence-corrected chi connectivity index (χ1v) is 5.95. The zero-order valence-electron chi connectivity index (χ0n) is 10.3. The molecule has 0 aliphatic carbocycles. The van der Waals surface area contributed by atoms with E-state index < -0.39 is 0 Å². The summed E-state index contributed by atoms with van der Waals surface area (Å²) in [5.74, 6) is 0.922. The second kappa shape index (κ2) is 5.13. The van der Waals surface area contributed by atoms with Gasteiger partial charge in [-0.05, 0) is 59.2 Å². The van der Waals surface area contributed by atoms with Crippen molar-refractivity contribution in [3.8, 4) is 0 Å². The molecular weight excluding hydrogens is 172 g/mol. The maximum absolute atomic E-state index is 3.53. The molecule has 0 radical (unpaired) electrons. The molecule has 0 saturated carbocycles. The van der Waals surface area contributed by atoms with Gasteiger partial charge in [-0.15, -0.1) is 0 Å². The molecule has 0 aromatic rings. The molecule has 1 N–H and O–H groups in total. The second-order valence-corrected chi connectivity index (χ2v) is 5.72. The summed E-state index contributed by atoms with van der Waals surface area (Å²) >= 11 is 0. The van der Waals surface area contributed by atoms with Gasteiger partial charge in [0.05, 0.1) is 0 Å². The maximum Gasteiger partial charge on any atom is 0.00965 e. The summed E-state index contributed by atoms with van der Waals surface area (Å²) < 4.78 is 0. The van der Waals surface area contributed by atoms with E-state index in [1.54, 1.807) is 0 Å². The van der Waals surface area contributed by atoms with E-state index in [9.17, 15) is 0 Å². The lowest BCUT2D eigenvalue weighted by molar-refractivity contribution is 0.311. The summed E-state index contributed by atoms with van der Waals surface area (Å²) in [5, 5.41) is 3.53. The van der Waals surface area contributed by atoms with Gasteiger partial charge in [-0.25, -0.2) is 0 Å². The highest BCUT2D eigenvalue weighted by molar-refractivity contribution is 4.74. The summed E-state index contributed by atoms with van der Waals surface area (Å²) in [6.45, 7) is 14.1. The van der Waals surface area contributed by atoms with Crippen molar-refractivity contribution in [2.45, 2.75) is 46.1 Å². The van der Waals surface area contributed by atoms with Crippen LogP contribution in [0.25, 0.3) is 0 Å². The molecule has 1 unspecified atom stereocenters. The van der Waals surface area contributed by atoms with Crippen molar-refractivity contribution in [1.29, 1.82) is 0 Å². The van der Waals surface area contributed by atoms with E-state index in [0.717, 1.165) is 12.5 Å². The Morgan fingerprint density at radius 3 is 2.57 bits per heavy atom. The predicted octanol–water partition coefficient (Wildman–Crippen LogP) is 2.11. The quantitative estimate of drug-likeness (QED) is 0.696. The molecule has 0 amide bonds. The van der Waals surface area contributed by atoms with E-state index >= 15 is 0 Å². The van der Waals surface area contributed by atoms with Crippen molar-refractivity contribution in [2.24, 2.45) is 5.92 Å². The molecule has 1 fully saturated rings. The highest BCUT2D eigenvalue weighted by Crippen LogP contribution is 2.14. The molecule has 0 bridgehead atoms. The average molecular weight is 198 g/mol. The van der Waals surface area contributed by atoms with Crippen LogP contribution in [-0.4, -0.2) is 36.6 Å². The Morgan fingerprint density at radius 1 is 1.36 bits per heavy atom. The lowest BCUT2D eigenvalue weighted by atomic mass is 10.1. The van der Waals surface area contributed by atoms with Crippen LogP contribution in [0.3, 0.4) is 0 Å². The van der Waals surface area contributed by atoms with E-state index in [4.69, 9.17) is 0 Å². The first-order chi connectivity index (χ1) is 6.47. The Bertz CT molecular complexity index is 160.